The molecule has 1 amide bonds. The molecule has 0 radical (unpaired) electrons. The topological polar surface area (TPSA) is 41.6 Å². The van der Waals surface area contributed by atoms with Crippen molar-refractivity contribution < 1.29 is 9.53 Å². The number of ether oxygens (including phenoxy) is 1. The number of rotatable bonds is 4. The molecule has 0 saturated carbocycles. The van der Waals surface area contributed by atoms with Gasteiger partial charge >= 0.3 is 0 Å². The number of hydrogen-bond donors (Lipinski definition) is 1. The lowest BCUT2D eigenvalue weighted by molar-refractivity contribution is -0.0778. The molecule has 0 aliphatic carbocycles. The van der Waals surface area contributed by atoms with Crippen molar-refractivity contribution in [3.8, 4) is 0 Å². The van der Waals surface area contributed by atoms with E-state index in [2.05, 4.69) is 62.8 Å². The minimum absolute atomic E-state index is 0.0207. The Hall–Kier alpha value is 0.0500. The van der Waals surface area contributed by atoms with Crippen molar-refractivity contribution in [2.75, 3.05) is 19.6 Å². The normalized spacial score (nSPS) is 24.8. The summed E-state index contributed by atoms with van der Waals surface area (Å²) in [7, 11) is 0. The highest BCUT2D eigenvalue weighted by atomic mass is 79.9. The molecule has 3 atom stereocenters. The third-order valence-corrected chi connectivity index (χ3v) is 6.75. The van der Waals surface area contributed by atoms with Crippen LogP contribution in [0.4, 0.5) is 0 Å². The van der Waals surface area contributed by atoms with Crippen LogP contribution in [0.2, 0.25) is 0 Å². The van der Waals surface area contributed by atoms with E-state index in [1.165, 1.54) is 11.3 Å². The lowest BCUT2D eigenvalue weighted by Crippen LogP contribution is -2.52. The van der Waals surface area contributed by atoms with Crippen LogP contribution in [0.25, 0.3) is 0 Å². The van der Waals surface area contributed by atoms with E-state index in [0.717, 1.165) is 21.3 Å². The van der Waals surface area contributed by atoms with Crippen LogP contribution in [0.1, 0.15) is 30.4 Å². The fourth-order valence-electron chi connectivity index (χ4n) is 2.49. The Balaban J connectivity index is 1.85. The zero-order valence-corrected chi connectivity index (χ0v) is 16.3. The van der Waals surface area contributed by atoms with Crippen LogP contribution in [-0.2, 0) is 4.74 Å². The number of halogens is 2. The summed E-state index contributed by atoms with van der Waals surface area (Å²) in [6.07, 6.45) is 0.493. The van der Waals surface area contributed by atoms with E-state index < -0.39 is 0 Å². The first-order valence-electron chi connectivity index (χ1n) is 6.99. The molecule has 7 heteroatoms. The van der Waals surface area contributed by atoms with Crippen molar-refractivity contribution in [2.24, 2.45) is 0 Å². The smallest absolute Gasteiger partial charge is 0.261 e. The van der Waals surface area contributed by atoms with Gasteiger partial charge in [-0.25, -0.2) is 0 Å². The van der Waals surface area contributed by atoms with Crippen molar-refractivity contribution in [2.45, 2.75) is 39.0 Å². The third kappa shape index (κ3) is 4.76. The zero-order chi connectivity index (χ0) is 15.6. The van der Waals surface area contributed by atoms with E-state index in [9.17, 15) is 4.79 Å². The molecule has 2 heterocycles. The van der Waals surface area contributed by atoms with Gasteiger partial charge in [0, 0.05) is 30.1 Å². The second kappa shape index (κ2) is 7.55. The maximum absolute atomic E-state index is 12.1. The summed E-state index contributed by atoms with van der Waals surface area (Å²) in [6, 6.07) is 2.14. The van der Waals surface area contributed by atoms with Gasteiger partial charge in [0.25, 0.3) is 5.91 Å². The molecule has 4 nitrogen and oxygen atoms in total. The summed E-state index contributed by atoms with van der Waals surface area (Å²) in [5, 5.41) is 3.01. The van der Waals surface area contributed by atoms with Crippen LogP contribution in [0.15, 0.2) is 14.3 Å². The molecule has 0 bridgehead atoms. The molecular weight excluding hydrogens is 420 g/mol. The molecule has 2 rings (SSSR count). The Labute approximate surface area is 146 Å². The van der Waals surface area contributed by atoms with E-state index >= 15 is 0 Å². The number of carbonyl (C=O) groups is 1. The first-order valence-corrected chi connectivity index (χ1v) is 9.39. The molecule has 3 unspecified atom stereocenters. The lowest BCUT2D eigenvalue weighted by Gasteiger charge is -2.38. The Morgan fingerprint density at radius 2 is 2.10 bits per heavy atom. The minimum atomic E-state index is -0.0207. The maximum atomic E-state index is 12.1. The fourth-order valence-corrected chi connectivity index (χ4v) is 4.44. The van der Waals surface area contributed by atoms with Gasteiger partial charge in [0.2, 0.25) is 0 Å². The number of thiophene rings is 1. The van der Waals surface area contributed by atoms with Gasteiger partial charge in [-0.3, -0.25) is 9.69 Å². The average molecular weight is 440 g/mol. The van der Waals surface area contributed by atoms with Gasteiger partial charge < -0.3 is 10.1 Å². The van der Waals surface area contributed by atoms with E-state index in [1.54, 1.807) is 0 Å². The van der Waals surface area contributed by atoms with Crippen LogP contribution < -0.4 is 5.32 Å². The van der Waals surface area contributed by atoms with Gasteiger partial charge in [-0.1, -0.05) is 0 Å². The zero-order valence-electron chi connectivity index (χ0n) is 12.4. The van der Waals surface area contributed by atoms with Gasteiger partial charge in [-0.2, -0.15) is 0 Å². The van der Waals surface area contributed by atoms with Crippen molar-refractivity contribution >= 4 is 49.1 Å². The number of nitrogens with one attached hydrogen (secondary N) is 1. The number of morpholine rings is 1. The molecule has 118 valence electrons. The fraction of sp³-hybridized carbons (Fsp3) is 0.643. The Kier molecular flexibility index (Phi) is 6.25. The third-order valence-electron chi connectivity index (χ3n) is 3.50. The molecule has 1 saturated heterocycles. The van der Waals surface area contributed by atoms with Crippen molar-refractivity contribution in [1.29, 1.82) is 0 Å². The monoisotopic (exact) mass is 438 g/mol. The maximum Gasteiger partial charge on any atom is 0.261 e. The van der Waals surface area contributed by atoms with Gasteiger partial charge in [-0.05, 0) is 58.7 Å². The summed E-state index contributed by atoms with van der Waals surface area (Å²) < 4.78 is 7.60. The quantitative estimate of drug-likeness (QED) is 0.780. The summed E-state index contributed by atoms with van der Waals surface area (Å²) in [5.41, 5.74) is 0. The summed E-state index contributed by atoms with van der Waals surface area (Å²) >= 11 is 8.25. The largest absolute Gasteiger partial charge is 0.373 e. The van der Waals surface area contributed by atoms with Gasteiger partial charge in [0.05, 0.1) is 20.9 Å². The highest BCUT2D eigenvalue weighted by molar-refractivity contribution is 9.13. The molecule has 1 aliphatic heterocycles. The number of carbonyl (C=O) groups excluding carboxylic acids is 1. The molecule has 0 spiro atoms. The first kappa shape index (κ1) is 17.4. The van der Waals surface area contributed by atoms with Gasteiger partial charge in [0.1, 0.15) is 0 Å². The molecule has 1 aliphatic rings. The lowest BCUT2D eigenvalue weighted by atomic mass is 10.1. The molecule has 1 fully saturated rings. The van der Waals surface area contributed by atoms with E-state index in [-0.39, 0.29) is 18.1 Å². The van der Waals surface area contributed by atoms with Crippen LogP contribution in [0, 0.1) is 0 Å². The number of nitrogens with zero attached hydrogens (tertiary/aromatic N) is 1. The SMILES string of the molecule is CC1CN(C(C)CNC(=O)c2cc(Br)c(Br)s2)CC(C)O1. The number of amides is 1. The Morgan fingerprint density at radius 1 is 1.48 bits per heavy atom. The summed E-state index contributed by atoms with van der Waals surface area (Å²) in [4.78, 5) is 15.2. The van der Waals surface area contributed by atoms with Crippen LogP contribution >= 0.6 is 43.2 Å². The van der Waals surface area contributed by atoms with E-state index in [1.807, 2.05) is 6.07 Å². The van der Waals surface area contributed by atoms with E-state index in [0.29, 0.717) is 17.5 Å². The average Bonchev–Trinajstić information content (AvgIpc) is 2.74. The van der Waals surface area contributed by atoms with Gasteiger partial charge in [-0.15, -0.1) is 11.3 Å². The van der Waals surface area contributed by atoms with Gasteiger partial charge in [0.15, 0.2) is 0 Å². The molecule has 1 aromatic heterocycles. The molecule has 1 N–H and O–H groups in total. The molecular formula is C14H20Br2N2O2S. The molecule has 1 aromatic rings. The standard InChI is InChI=1S/C14H20Br2N2O2S/c1-8(18-6-9(2)20-10(3)7-18)5-17-14(19)12-4-11(15)13(16)21-12/h4,8-10H,5-7H2,1-3H3,(H,17,19). The summed E-state index contributed by atoms with van der Waals surface area (Å²) in [6.45, 7) is 8.80. The Bertz CT molecular complexity index is 480. The van der Waals surface area contributed by atoms with Crippen molar-refractivity contribution in [3.63, 3.8) is 0 Å². The molecule has 0 aromatic carbocycles. The Morgan fingerprint density at radius 3 is 2.62 bits per heavy atom. The highest BCUT2D eigenvalue weighted by Crippen LogP contribution is 2.32. The minimum Gasteiger partial charge on any atom is -0.373 e. The predicted molar refractivity (Wildman–Crippen MR) is 93.1 cm³/mol. The van der Waals surface area contributed by atoms with Crippen molar-refractivity contribution in [1.82, 2.24) is 10.2 Å². The second-order valence-electron chi connectivity index (χ2n) is 5.50. The first-order chi connectivity index (χ1) is 9.86. The van der Waals surface area contributed by atoms with Crippen LogP contribution in [0.3, 0.4) is 0 Å². The van der Waals surface area contributed by atoms with Crippen LogP contribution in [0.5, 0.6) is 0 Å². The highest BCUT2D eigenvalue weighted by Gasteiger charge is 2.26. The predicted octanol–water partition coefficient (Wildman–Crippen LogP) is 3.50. The van der Waals surface area contributed by atoms with Crippen LogP contribution in [-0.4, -0.2) is 48.7 Å². The van der Waals surface area contributed by atoms with Crippen molar-refractivity contribution in [3.05, 3.63) is 19.2 Å². The summed E-state index contributed by atoms with van der Waals surface area (Å²) in [5.74, 6) is -0.0207. The second-order valence-corrected chi connectivity index (χ2v) is 8.73. The molecule has 21 heavy (non-hydrogen) atoms. The van der Waals surface area contributed by atoms with E-state index in [4.69, 9.17) is 4.74 Å². The number of hydrogen-bond acceptors (Lipinski definition) is 4.